The van der Waals surface area contributed by atoms with Gasteiger partial charge in [-0.2, -0.15) is 0 Å². The third-order valence-electron chi connectivity index (χ3n) is 2.33. The van der Waals surface area contributed by atoms with E-state index in [0.717, 1.165) is 4.90 Å². The molecule has 0 spiro atoms. The smallest absolute Gasteiger partial charge is 0.323 e. The van der Waals surface area contributed by atoms with Crippen LogP contribution in [0.25, 0.3) is 0 Å². The van der Waals surface area contributed by atoms with Gasteiger partial charge in [0.05, 0.1) is 0 Å². The van der Waals surface area contributed by atoms with Gasteiger partial charge in [0.1, 0.15) is 18.8 Å². The first-order valence-corrected chi connectivity index (χ1v) is 5.33. The Balaban J connectivity index is 2.94. The monoisotopic (exact) mass is 254 g/mol. The topological polar surface area (TPSA) is 99.8 Å². The molecule has 0 fully saturated rings. The molecular weight excluding hydrogens is 240 g/mol. The summed E-state index contributed by atoms with van der Waals surface area (Å²) in [5.74, 6) is -3.11. The quantitative estimate of drug-likeness (QED) is 0.751. The number of carbonyl (C=O) groups excluding carboxylic acids is 1. The summed E-state index contributed by atoms with van der Waals surface area (Å²) in [6.07, 6.45) is 1.67. The lowest BCUT2D eigenvalue weighted by atomic mass is 10.3. The van der Waals surface area contributed by atoms with Gasteiger partial charge in [-0.3, -0.25) is 14.4 Å². The number of aliphatic carboxylic acids is 2. The molecule has 0 unspecified atom stereocenters. The van der Waals surface area contributed by atoms with Crippen molar-refractivity contribution in [2.75, 3.05) is 13.1 Å². The fourth-order valence-corrected chi connectivity index (χ4v) is 1.57. The Hall–Kier alpha value is -2.31. The number of carboxylic acid groups (broad SMARTS) is 2. The zero-order chi connectivity index (χ0) is 13.7. The normalized spacial score (nSPS) is 10.1. The van der Waals surface area contributed by atoms with Crippen molar-refractivity contribution in [1.29, 1.82) is 0 Å². The maximum atomic E-state index is 12.0. The van der Waals surface area contributed by atoms with Crippen LogP contribution in [0.5, 0.6) is 0 Å². The van der Waals surface area contributed by atoms with Crippen LogP contribution in [0.15, 0.2) is 18.3 Å². The minimum Gasteiger partial charge on any atom is -0.480 e. The molecule has 0 aliphatic rings. The van der Waals surface area contributed by atoms with E-state index in [4.69, 9.17) is 10.2 Å². The number of carbonyl (C=O) groups is 3. The molecule has 0 radical (unpaired) electrons. The van der Waals surface area contributed by atoms with Crippen molar-refractivity contribution in [3.63, 3.8) is 0 Å². The van der Waals surface area contributed by atoms with Crippen LogP contribution in [-0.2, 0) is 16.1 Å². The van der Waals surface area contributed by atoms with E-state index in [2.05, 4.69) is 0 Å². The summed E-state index contributed by atoms with van der Waals surface area (Å²) < 4.78 is 1.62. The number of hydrogen-bond donors (Lipinski definition) is 2. The number of rotatable bonds is 6. The zero-order valence-corrected chi connectivity index (χ0v) is 9.87. The Labute approximate surface area is 103 Å². The lowest BCUT2D eigenvalue weighted by Crippen LogP contribution is -2.40. The minimum absolute atomic E-state index is 0.278. The highest BCUT2D eigenvalue weighted by molar-refractivity contribution is 5.96. The summed E-state index contributed by atoms with van der Waals surface area (Å²) in [6, 6.07) is 3.18. The maximum absolute atomic E-state index is 12.0. The van der Waals surface area contributed by atoms with Crippen molar-refractivity contribution < 1.29 is 24.6 Å². The molecule has 1 aromatic heterocycles. The van der Waals surface area contributed by atoms with E-state index in [1.807, 2.05) is 6.92 Å². The highest BCUT2D eigenvalue weighted by atomic mass is 16.4. The Kier molecular flexibility index (Phi) is 4.47. The standard InChI is InChI=1S/C11H14N2O5/c1-2-12-5-3-4-8(12)11(18)13(6-9(14)15)7-10(16)17/h3-5H,2,6-7H2,1H3,(H,14,15)(H,16,17). The van der Waals surface area contributed by atoms with Gasteiger partial charge in [-0.1, -0.05) is 0 Å². The van der Waals surface area contributed by atoms with Gasteiger partial charge in [0.15, 0.2) is 0 Å². The number of carboxylic acids is 2. The van der Waals surface area contributed by atoms with Crippen molar-refractivity contribution in [1.82, 2.24) is 9.47 Å². The predicted octanol–water partition coefficient (Wildman–Crippen LogP) is 0.119. The fourth-order valence-electron chi connectivity index (χ4n) is 1.57. The maximum Gasteiger partial charge on any atom is 0.323 e. The van der Waals surface area contributed by atoms with E-state index in [9.17, 15) is 14.4 Å². The predicted molar refractivity (Wildman–Crippen MR) is 61.3 cm³/mol. The number of amides is 1. The van der Waals surface area contributed by atoms with Gasteiger partial charge in [0.25, 0.3) is 5.91 Å². The van der Waals surface area contributed by atoms with Crippen molar-refractivity contribution >= 4 is 17.8 Å². The van der Waals surface area contributed by atoms with Crippen LogP contribution in [0.3, 0.4) is 0 Å². The number of aromatic nitrogens is 1. The Morgan fingerprint density at radius 2 is 1.78 bits per heavy atom. The second-order valence-corrected chi connectivity index (χ2v) is 3.63. The first-order valence-electron chi connectivity index (χ1n) is 5.33. The highest BCUT2D eigenvalue weighted by Crippen LogP contribution is 2.07. The SMILES string of the molecule is CCn1cccc1C(=O)N(CC(=O)O)CC(=O)O. The lowest BCUT2D eigenvalue weighted by Gasteiger charge is -2.19. The fraction of sp³-hybridized carbons (Fsp3) is 0.364. The van der Waals surface area contributed by atoms with Gasteiger partial charge in [-0.05, 0) is 19.1 Å². The molecule has 0 aromatic carbocycles. The van der Waals surface area contributed by atoms with Gasteiger partial charge in [-0.15, -0.1) is 0 Å². The third kappa shape index (κ3) is 3.34. The molecule has 1 heterocycles. The zero-order valence-electron chi connectivity index (χ0n) is 9.87. The van der Waals surface area contributed by atoms with Gasteiger partial charge in [0, 0.05) is 12.7 Å². The minimum atomic E-state index is -1.25. The van der Waals surface area contributed by atoms with Crippen molar-refractivity contribution in [2.24, 2.45) is 0 Å². The molecule has 0 saturated heterocycles. The Morgan fingerprint density at radius 3 is 2.22 bits per heavy atom. The molecule has 7 heteroatoms. The summed E-state index contributed by atoms with van der Waals surface area (Å²) >= 11 is 0. The molecule has 98 valence electrons. The van der Waals surface area contributed by atoms with Crippen molar-refractivity contribution in [2.45, 2.75) is 13.5 Å². The van der Waals surface area contributed by atoms with E-state index >= 15 is 0 Å². The van der Waals surface area contributed by atoms with E-state index < -0.39 is 30.9 Å². The highest BCUT2D eigenvalue weighted by Gasteiger charge is 2.22. The van der Waals surface area contributed by atoms with Gasteiger partial charge in [-0.25, -0.2) is 0 Å². The van der Waals surface area contributed by atoms with Crippen LogP contribution in [0.2, 0.25) is 0 Å². The summed E-state index contributed by atoms with van der Waals surface area (Å²) in [5.41, 5.74) is 0.278. The second kappa shape index (κ2) is 5.85. The number of aryl methyl sites for hydroxylation is 1. The molecule has 18 heavy (non-hydrogen) atoms. The van der Waals surface area contributed by atoms with Gasteiger partial charge < -0.3 is 19.7 Å². The van der Waals surface area contributed by atoms with Crippen LogP contribution in [0.4, 0.5) is 0 Å². The molecule has 0 aliphatic heterocycles. The van der Waals surface area contributed by atoms with Gasteiger partial charge in [0.2, 0.25) is 0 Å². The van der Waals surface area contributed by atoms with Crippen LogP contribution in [0.1, 0.15) is 17.4 Å². The lowest BCUT2D eigenvalue weighted by molar-refractivity contribution is -0.140. The molecule has 2 N–H and O–H groups in total. The molecule has 0 bridgehead atoms. The van der Waals surface area contributed by atoms with E-state index in [-0.39, 0.29) is 5.69 Å². The molecule has 7 nitrogen and oxygen atoms in total. The molecule has 1 rings (SSSR count). The summed E-state index contributed by atoms with van der Waals surface area (Å²) in [5, 5.41) is 17.4. The first-order chi connectivity index (χ1) is 8.45. The van der Waals surface area contributed by atoms with E-state index in [1.54, 1.807) is 16.8 Å². The summed E-state index contributed by atoms with van der Waals surface area (Å²) in [4.78, 5) is 34.1. The molecule has 1 aromatic rings. The van der Waals surface area contributed by atoms with Crippen LogP contribution in [0, 0.1) is 0 Å². The molecule has 1 amide bonds. The molecule has 0 saturated carbocycles. The molecule has 0 atom stereocenters. The van der Waals surface area contributed by atoms with Crippen molar-refractivity contribution in [3.8, 4) is 0 Å². The second-order valence-electron chi connectivity index (χ2n) is 3.63. The van der Waals surface area contributed by atoms with E-state index in [0.29, 0.717) is 6.54 Å². The van der Waals surface area contributed by atoms with Crippen LogP contribution in [-0.4, -0.2) is 50.6 Å². The molecular formula is C11H14N2O5. The van der Waals surface area contributed by atoms with E-state index in [1.165, 1.54) is 6.07 Å². The number of nitrogens with zero attached hydrogens (tertiary/aromatic N) is 2. The average Bonchev–Trinajstić information content (AvgIpc) is 2.73. The summed E-state index contributed by atoms with van der Waals surface area (Å²) in [7, 11) is 0. The third-order valence-corrected chi connectivity index (χ3v) is 2.33. The van der Waals surface area contributed by atoms with Crippen molar-refractivity contribution in [3.05, 3.63) is 24.0 Å². The first kappa shape index (κ1) is 13.8. The average molecular weight is 254 g/mol. The largest absolute Gasteiger partial charge is 0.480 e. The van der Waals surface area contributed by atoms with Crippen LogP contribution < -0.4 is 0 Å². The van der Waals surface area contributed by atoms with Crippen LogP contribution >= 0.6 is 0 Å². The number of hydrogen-bond acceptors (Lipinski definition) is 3. The summed E-state index contributed by atoms with van der Waals surface area (Å²) in [6.45, 7) is 1.09. The Morgan fingerprint density at radius 1 is 1.22 bits per heavy atom. The molecule has 0 aliphatic carbocycles. The van der Waals surface area contributed by atoms with Gasteiger partial charge >= 0.3 is 11.9 Å². The Bertz CT molecular complexity index is 450.